The van der Waals surface area contributed by atoms with Crippen molar-refractivity contribution in [3.63, 3.8) is 0 Å². The molecule has 2 aromatic carbocycles. The maximum Gasteiger partial charge on any atom is 0.256 e. The lowest BCUT2D eigenvalue weighted by atomic mass is 10.1. The van der Waals surface area contributed by atoms with E-state index in [1.54, 1.807) is 18.1 Å². The molecule has 0 radical (unpaired) electrons. The van der Waals surface area contributed by atoms with Crippen LogP contribution in [0.25, 0.3) is 0 Å². The first-order chi connectivity index (χ1) is 12.9. The molecule has 27 heavy (non-hydrogen) atoms. The maximum absolute atomic E-state index is 13.0. The van der Waals surface area contributed by atoms with Crippen LogP contribution in [-0.4, -0.2) is 50.8 Å². The van der Waals surface area contributed by atoms with E-state index in [1.807, 2.05) is 59.1 Å². The van der Waals surface area contributed by atoms with Gasteiger partial charge in [-0.05, 0) is 56.7 Å². The van der Waals surface area contributed by atoms with Crippen molar-refractivity contribution in [1.82, 2.24) is 4.90 Å². The van der Waals surface area contributed by atoms with Crippen LogP contribution in [-0.2, 0) is 0 Å². The summed E-state index contributed by atoms with van der Waals surface area (Å²) in [6.07, 6.45) is 0. The van der Waals surface area contributed by atoms with E-state index in [2.05, 4.69) is 17.0 Å². The minimum absolute atomic E-state index is 0.0347. The molecule has 1 amide bonds. The third-order valence-electron chi connectivity index (χ3n) is 4.55. The normalized spacial score (nSPS) is 11.3. The Bertz CT molecular complexity index is 824. The zero-order valence-corrected chi connectivity index (χ0v) is 17.1. The quantitative estimate of drug-likeness (QED) is 0.682. The Labute approximate surface area is 162 Å². The van der Waals surface area contributed by atoms with Gasteiger partial charge in [0.1, 0.15) is 5.75 Å². The number of carbonyl (C=O) groups excluding carboxylic acids is 1. The Balaban J connectivity index is 2.49. The zero-order chi connectivity index (χ0) is 20.0. The molecule has 0 aromatic heterocycles. The standard InChI is InChI=1S/C22H29N3O2/c1-7-25(8-2)22(26)20-15-19(27-6)12-13-21(20)23-16(3)17-10-9-11-18(14-17)24(4)5/h9-15H,7-8H2,1-6H3. The van der Waals surface area contributed by atoms with Crippen molar-refractivity contribution in [1.29, 1.82) is 0 Å². The molecule has 5 heteroatoms. The van der Waals surface area contributed by atoms with E-state index < -0.39 is 0 Å². The number of nitrogens with zero attached hydrogens (tertiary/aromatic N) is 3. The predicted octanol–water partition coefficient (Wildman–Crippen LogP) is 4.38. The van der Waals surface area contributed by atoms with Crippen LogP contribution in [0.1, 0.15) is 36.7 Å². The molecule has 2 aromatic rings. The number of rotatable bonds is 7. The molecule has 0 fully saturated rings. The summed E-state index contributed by atoms with van der Waals surface area (Å²) in [5.74, 6) is 0.615. The second kappa shape index (κ2) is 9.21. The average molecular weight is 367 g/mol. The average Bonchev–Trinajstić information content (AvgIpc) is 2.69. The molecule has 0 heterocycles. The molecule has 0 aliphatic heterocycles. The third-order valence-corrected chi connectivity index (χ3v) is 4.55. The summed E-state index contributed by atoms with van der Waals surface area (Å²) in [4.78, 5) is 21.6. The smallest absolute Gasteiger partial charge is 0.256 e. The van der Waals surface area contributed by atoms with E-state index in [0.29, 0.717) is 30.1 Å². The number of ether oxygens (including phenoxy) is 1. The molecular formula is C22H29N3O2. The molecule has 0 spiro atoms. The highest BCUT2D eigenvalue weighted by atomic mass is 16.5. The SMILES string of the molecule is CCN(CC)C(=O)c1cc(OC)ccc1N=C(C)c1cccc(N(C)C)c1. The lowest BCUT2D eigenvalue weighted by Gasteiger charge is -2.20. The summed E-state index contributed by atoms with van der Waals surface area (Å²) in [7, 11) is 5.62. The summed E-state index contributed by atoms with van der Waals surface area (Å²) >= 11 is 0. The summed E-state index contributed by atoms with van der Waals surface area (Å²) in [6.45, 7) is 7.22. The van der Waals surface area contributed by atoms with E-state index in [4.69, 9.17) is 9.73 Å². The van der Waals surface area contributed by atoms with E-state index >= 15 is 0 Å². The molecule has 0 N–H and O–H groups in total. The van der Waals surface area contributed by atoms with Crippen LogP contribution in [0.5, 0.6) is 5.75 Å². The first-order valence-electron chi connectivity index (χ1n) is 9.21. The van der Waals surface area contributed by atoms with Crippen LogP contribution in [0.4, 0.5) is 11.4 Å². The van der Waals surface area contributed by atoms with E-state index in [1.165, 1.54) is 0 Å². The number of amides is 1. The Morgan fingerprint density at radius 3 is 2.37 bits per heavy atom. The molecule has 0 atom stereocenters. The molecule has 0 aliphatic rings. The highest BCUT2D eigenvalue weighted by molar-refractivity contribution is 6.04. The Morgan fingerprint density at radius 1 is 1.07 bits per heavy atom. The minimum atomic E-state index is -0.0347. The first kappa shape index (κ1) is 20.5. The molecule has 0 saturated carbocycles. The Morgan fingerprint density at radius 2 is 1.78 bits per heavy atom. The van der Waals surface area contributed by atoms with Gasteiger partial charge in [-0.15, -0.1) is 0 Å². The third kappa shape index (κ3) is 4.88. The van der Waals surface area contributed by atoms with E-state index in [9.17, 15) is 4.79 Å². The van der Waals surface area contributed by atoms with Crippen molar-refractivity contribution >= 4 is 23.0 Å². The number of anilines is 1. The van der Waals surface area contributed by atoms with Gasteiger partial charge in [0.2, 0.25) is 0 Å². The van der Waals surface area contributed by atoms with Gasteiger partial charge < -0.3 is 14.5 Å². The van der Waals surface area contributed by atoms with Gasteiger partial charge in [0.25, 0.3) is 5.91 Å². The summed E-state index contributed by atoms with van der Waals surface area (Å²) in [6, 6.07) is 13.6. The van der Waals surface area contributed by atoms with E-state index in [0.717, 1.165) is 17.0 Å². The second-order valence-corrected chi connectivity index (χ2v) is 6.50. The van der Waals surface area contributed by atoms with Crippen LogP contribution in [0.3, 0.4) is 0 Å². The number of benzene rings is 2. The molecular weight excluding hydrogens is 338 g/mol. The van der Waals surface area contributed by atoms with Gasteiger partial charge in [-0.2, -0.15) is 0 Å². The summed E-state index contributed by atoms with van der Waals surface area (Å²) in [5, 5.41) is 0. The van der Waals surface area contributed by atoms with Crippen LogP contribution < -0.4 is 9.64 Å². The fourth-order valence-corrected chi connectivity index (χ4v) is 2.85. The van der Waals surface area contributed by atoms with Crippen LogP contribution in [0.15, 0.2) is 47.5 Å². The minimum Gasteiger partial charge on any atom is -0.497 e. The number of methoxy groups -OCH3 is 1. The van der Waals surface area contributed by atoms with Crippen LogP contribution in [0.2, 0.25) is 0 Å². The summed E-state index contributed by atoms with van der Waals surface area (Å²) < 4.78 is 5.31. The lowest BCUT2D eigenvalue weighted by Crippen LogP contribution is -2.30. The Kier molecular flexibility index (Phi) is 6.99. The molecule has 5 nitrogen and oxygen atoms in total. The molecule has 144 valence electrons. The number of carbonyl (C=O) groups is 1. The number of aliphatic imine (C=N–C) groups is 1. The largest absolute Gasteiger partial charge is 0.497 e. The molecule has 0 saturated heterocycles. The zero-order valence-electron chi connectivity index (χ0n) is 17.1. The monoisotopic (exact) mass is 367 g/mol. The van der Waals surface area contributed by atoms with Crippen LogP contribution in [0, 0.1) is 0 Å². The van der Waals surface area contributed by atoms with Gasteiger partial charge >= 0.3 is 0 Å². The lowest BCUT2D eigenvalue weighted by molar-refractivity contribution is 0.0773. The maximum atomic E-state index is 13.0. The Hall–Kier alpha value is -2.82. The second-order valence-electron chi connectivity index (χ2n) is 6.50. The fraction of sp³-hybridized carbons (Fsp3) is 0.364. The van der Waals surface area contributed by atoms with Crippen molar-refractivity contribution in [2.75, 3.05) is 39.2 Å². The van der Waals surface area contributed by atoms with Gasteiger partial charge in [-0.25, -0.2) is 0 Å². The van der Waals surface area contributed by atoms with Gasteiger partial charge in [0.15, 0.2) is 0 Å². The molecule has 0 aliphatic carbocycles. The van der Waals surface area contributed by atoms with Gasteiger partial charge in [-0.1, -0.05) is 12.1 Å². The van der Waals surface area contributed by atoms with Crippen molar-refractivity contribution in [3.05, 3.63) is 53.6 Å². The number of hydrogen-bond donors (Lipinski definition) is 0. The highest BCUT2D eigenvalue weighted by Crippen LogP contribution is 2.27. The van der Waals surface area contributed by atoms with Crippen molar-refractivity contribution < 1.29 is 9.53 Å². The topological polar surface area (TPSA) is 45.1 Å². The van der Waals surface area contributed by atoms with Gasteiger partial charge in [-0.3, -0.25) is 9.79 Å². The molecule has 0 unspecified atom stereocenters. The van der Waals surface area contributed by atoms with Gasteiger partial charge in [0.05, 0.1) is 18.4 Å². The molecule has 2 rings (SSSR count). The number of hydrogen-bond acceptors (Lipinski definition) is 4. The molecule has 0 bridgehead atoms. The fourth-order valence-electron chi connectivity index (χ4n) is 2.85. The summed E-state index contributed by atoms with van der Waals surface area (Å²) in [5.41, 5.74) is 4.20. The van der Waals surface area contributed by atoms with Crippen molar-refractivity contribution in [2.45, 2.75) is 20.8 Å². The first-order valence-corrected chi connectivity index (χ1v) is 9.21. The van der Waals surface area contributed by atoms with Crippen molar-refractivity contribution in [2.24, 2.45) is 4.99 Å². The van der Waals surface area contributed by atoms with E-state index in [-0.39, 0.29) is 5.91 Å². The van der Waals surface area contributed by atoms with Crippen LogP contribution >= 0.6 is 0 Å². The predicted molar refractivity (Wildman–Crippen MR) is 113 cm³/mol. The van der Waals surface area contributed by atoms with Gasteiger partial charge in [0, 0.05) is 38.6 Å². The highest BCUT2D eigenvalue weighted by Gasteiger charge is 2.18. The van der Waals surface area contributed by atoms with Crippen molar-refractivity contribution in [3.8, 4) is 5.75 Å².